The van der Waals surface area contributed by atoms with Gasteiger partial charge in [0.15, 0.2) is 0 Å². The Kier molecular flexibility index (Phi) is 4.15. The van der Waals surface area contributed by atoms with Crippen molar-refractivity contribution in [2.45, 2.75) is 6.54 Å². The summed E-state index contributed by atoms with van der Waals surface area (Å²) in [6.07, 6.45) is 1.89. The number of thiazole rings is 1. The lowest BCUT2D eigenvalue weighted by Crippen LogP contribution is -2.03. The molecule has 1 N–H and O–H groups in total. The maximum absolute atomic E-state index is 5.37. The first-order valence-electron chi connectivity index (χ1n) is 5.18. The molecule has 90 valence electrons. The number of hydrogen-bond donors (Lipinski definition) is 1. The second kappa shape index (κ2) is 5.62. The Bertz CT molecular complexity index is 513. The van der Waals surface area contributed by atoms with Crippen LogP contribution in [0.3, 0.4) is 0 Å². The van der Waals surface area contributed by atoms with Gasteiger partial charge in [-0.2, -0.15) is 0 Å². The van der Waals surface area contributed by atoms with Crippen molar-refractivity contribution in [2.75, 3.05) is 14.2 Å². The van der Waals surface area contributed by atoms with E-state index < -0.39 is 0 Å². The number of nitrogens with zero attached hydrogens (tertiary/aromatic N) is 1. The minimum atomic E-state index is 0.793. The highest BCUT2D eigenvalue weighted by atomic mass is 79.9. The molecule has 0 amide bonds. The number of methoxy groups -OCH3 is 1. The number of aromatic nitrogens is 1. The monoisotopic (exact) mass is 312 g/mol. The van der Waals surface area contributed by atoms with Gasteiger partial charge in [-0.15, -0.1) is 11.3 Å². The van der Waals surface area contributed by atoms with Crippen LogP contribution in [0.1, 0.15) is 5.01 Å². The van der Waals surface area contributed by atoms with Gasteiger partial charge in [0.2, 0.25) is 0 Å². The van der Waals surface area contributed by atoms with Crippen molar-refractivity contribution in [2.24, 2.45) is 0 Å². The summed E-state index contributed by atoms with van der Waals surface area (Å²) in [4.78, 5) is 5.49. The molecule has 0 aliphatic carbocycles. The highest BCUT2D eigenvalue weighted by molar-refractivity contribution is 9.10. The average Bonchev–Trinajstić information content (AvgIpc) is 2.78. The summed E-state index contributed by atoms with van der Waals surface area (Å²) in [7, 11) is 3.60. The van der Waals surface area contributed by atoms with E-state index in [1.807, 2.05) is 25.4 Å². The summed E-state index contributed by atoms with van der Waals surface area (Å²) >= 11 is 5.15. The first-order chi connectivity index (χ1) is 8.24. The second-order valence-corrected chi connectivity index (χ2v) is 5.52. The Morgan fingerprint density at radius 3 is 3.00 bits per heavy atom. The predicted octanol–water partition coefficient (Wildman–Crippen LogP) is 3.30. The Labute approximate surface area is 113 Å². The lowest BCUT2D eigenvalue weighted by atomic mass is 10.2. The van der Waals surface area contributed by atoms with E-state index in [1.54, 1.807) is 18.4 Å². The molecule has 0 saturated heterocycles. The Balaban J connectivity index is 2.40. The largest absolute Gasteiger partial charge is 0.496 e. The van der Waals surface area contributed by atoms with Crippen LogP contribution in [0.2, 0.25) is 0 Å². The number of nitrogens with one attached hydrogen (secondary N) is 1. The van der Waals surface area contributed by atoms with Crippen LogP contribution in [-0.4, -0.2) is 19.1 Å². The van der Waals surface area contributed by atoms with Crippen molar-refractivity contribution in [3.63, 3.8) is 0 Å². The third-order valence-corrected chi connectivity index (χ3v) is 3.83. The summed E-state index contributed by atoms with van der Waals surface area (Å²) in [6, 6.07) is 5.98. The van der Waals surface area contributed by atoms with Gasteiger partial charge in [-0.3, -0.25) is 0 Å². The third-order valence-electron chi connectivity index (χ3n) is 2.31. The zero-order chi connectivity index (χ0) is 12.3. The van der Waals surface area contributed by atoms with Gasteiger partial charge in [0, 0.05) is 22.8 Å². The molecular weight excluding hydrogens is 300 g/mol. The number of hydrogen-bond acceptors (Lipinski definition) is 4. The normalized spacial score (nSPS) is 10.5. The van der Waals surface area contributed by atoms with Gasteiger partial charge in [-0.25, -0.2) is 4.98 Å². The van der Waals surface area contributed by atoms with Gasteiger partial charge in [0.25, 0.3) is 0 Å². The fraction of sp³-hybridized carbons (Fsp3) is 0.250. The van der Waals surface area contributed by atoms with Crippen molar-refractivity contribution >= 4 is 27.3 Å². The first-order valence-corrected chi connectivity index (χ1v) is 6.78. The molecule has 17 heavy (non-hydrogen) atoms. The van der Waals surface area contributed by atoms with Crippen LogP contribution in [0.5, 0.6) is 5.75 Å². The van der Waals surface area contributed by atoms with Crippen LogP contribution in [0, 0.1) is 0 Å². The first kappa shape index (κ1) is 12.5. The lowest BCUT2D eigenvalue weighted by molar-refractivity contribution is 0.416. The van der Waals surface area contributed by atoms with Crippen molar-refractivity contribution in [3.05, 3.63) is 33.9 Å². The molecule has 2 aromatic rings. The molecule has 0 saturated carbocycles. The van der Waals surface area contributed by atoms with E-state index in [2.05, 4.69) is 32.3 Å². The molecule has 0 spiro atoms. The van der Waals surface area contributed by atoms with Gasteiger partial charge in [-0.1, -0.05) is 15.9 Å². The summed E-state index contributed by atoms with van der Waals surface area (Å²) in [6.45, 7) is 0.793. The van der Waals surface area contributed by atoms with Crippen LogP contribution < -0.4 is 10.1 Å². The summed E-state index contributed by atoms with van der Waals surface area (Å²) in [5.41, 5.74) is 1.07. The second-order valence-electron chi connectivity index (χ2n) is 3.49. The van der Waals surface area contributed by atoms with Crippen LogP contribution >= 0.6 is 27.3 Å². The highest BCUT2D eigenvalue weighted by Gasteiger charge is 2.10. The maximum Gasteiger partial charge on any atom is 0.127 e. The van der Waals surface area contributed by atoms with Gasteiger partial charge < -0.3 is 10.1 Å². The Hall–Kier alpha value is -0.910. The minimum Gasteiger partial charge on any atom is -0.496 e. The van der Waals surface area contributed by atoms with E-state index in [9.17, 15) is 0 Å². The van der Waals surface area contributed by atoms with Gasteiger partial charge in [0.1, 0.15) is 10.8 Å². The zero-order valence-corrected chi connectivity index (χ0v) is 12.1. The topological polar surface area (TPSA) is 34.2 Å². The smallest absolute Gasteiger partial charge is 0.127 e. The summed E-state index contributed by atoms with van der Waals surface area (Å²) in [5.74, 6) is 0.868. The fourth-order valence-electron chi connectivity index (χ4n) is 1.54. The zero-order valence-electron chi connectivity index (χ0n) is 9.66. The molecule has 0 aliphatic rings. The Morgan fingerprint density at radius 2 is 2.29 bits per heavy atom. The summed E-state index contributed by atoms with van der Waals surface area (Å²) < 4.78 is 6.41. The van der Waals surface area contributed by atoms with Gasteiger partial charge >= 0.3 is 0 Å². The maximum atomic E-state index is 5.37. The average molecular weight is 313 g/mol. The molecule has 0 fully saturated rings. The lowest BCUT2D eigenvalue weighted by Gasteiger charge is -2.06. The number of halogens is 1. The molecule has 1 heterocycles. The molecule has 0 aliphatic heterocycles. The van der Waals surface area contributed by atoms with E-state index in [0.29, 0.717) is 0 Å². The molecule has 0 unspecified atom stereocenters. The van der Waals surface area contributed by atoms with Crippen molar-refractivity contribution < 1.29 is 4.74 Å². The predicted molar refractivity (Wildman–Crippen MR) is 74.6 cm³/mol. The molecule has 0 radical (unpaired) electrons. The molecule has 3 nitrogen and oxygen atoms in total. The van der Waals surface area contributed by atoms with Gasteiger partial charge in [-0.05, 0) is 25.2 Å². The van der Waals surface area contributed by atoms with Crippen molar-refractivity contribution in [1.82, 2.24) is 10.3 Å². The minimum absolute atomic E-state index is 0.793. The van der Waals surface area contributed by atoms with Crippen LogP contribution in [0.25, 0.3) is 10.4 Å². The van der Waals surface area contributed by atoms with Crippen molar-refractivity contribution in [1.29, 1.82) is 0 Å². The third kappa shape index (κ3) is 2.86. The van der Waals surface area contributed by atoms with E-state index in [0.717, 1.165) is 32.2 Å². The number of rotatable bonds is 4. The van der Waals surface area contributed by atoms with E-state index in [1.165, 1.54) is 0 Å². The summed E-state index contributed by atoms with van der Waals surface area (Å²) in [5, 5.41) is 4.17. The highest BCUT2D eigenvalue weighted by Crippen LogP contribution is 2.35. The molecule has 5 heteroatoms. The molecule has 2 rings (SSSR count). The van der Waals surface area contributed by atoms with Crippen LogP contribution in [-0.2, 0) is 6.54 Å². The standard InChI is InChI=1S/C12H13BrN2OS/c1-14-7-12-15-6-11(17-12)9-5-8(13)3-4-10(9)16-2/h3-6,14H,7H2,1-2H3. The van der Waals surface area contributed by atoms with E-state index in [4.69, 9.17) is 4.74 Å². The SMILES string of the molecule is CNCc1ncc(-c2cc(Br)ccc2OC)s1. The molecule has 0 bridgehead atoms. The van der Waals surface area contributed by atoms with E-state index >= 15 is 0 Å². The fourth-order valence-corrected chi connectivity index (χ4v) is 2.85. The van der Waals surface area contributed by atoms with Crippen LogP contribution in [0.15, 0.2) is 28.9 Å². The molecule has 1 aromatic heterocycles. The van der Waals surface area contributed by atoms with Gasteiger partial charge in [0.05, 0.1) is 12.0 Å². The quantitative estimate of drug-likeness (QED) is 0.940. The number of benzene rings is 1. The van der Waals surface area contributed by atoms with Crippen LogP contribution in [0.4, 0.5) is 0 Å². The Morgan fingerprint density at radius 1 is 1.47 bits per heavy atom. The van der Waals surface area contributed by atoms with E-state index in [-0.39, 0.29) is 0 Å². The molecule has 0 atom stereocenters. The van der Waals surface area contributed by atoms with Crippen molar-refractivity contribution in [3.8, 4) is 16.2 Å². The molecular formula is C12H13BrN2OS. The molecule has 1 aromatic carbocycles. The number of ether oxygens (including phenoxy) is 1.